The van der Waals surface area contributed by atoms with E-state index in [1.807, 2.05) is 24.5 Å². The molecular weight excluding hydrogens is 196 g/mol. The molecule has 0 heterocycles. The highest BCUT2D eigenvalue weighted by atomic mass is 32.2. The van der Waals surface area contributed by atoms with E-state index in [4.69, 9.17) is 9.47 Å². The van der Waals surface area contributed by atoms with Crippen LogP contribution < -0.4 is 0 Å². The van der Waals surface area contributed by atoms with Gasteiger partial charge in [0.25, 0.3) is 0 Å². The Labute approximate surface area is 89.6 Å². The molecule has 0 N–H and O–H groups in total. The first kappa shape index (κ1) is 11.6. The Morgan fingerprint density at radius 1 is 1.07 bits per heavy atom. The summed E-state index contributed by atoms with van der Waals surface area (Å²) >= 11 is 1.68. The zero-order valence-corrected chi connectivity index (χ0v) is 9.26. The van der Waals surface area contributed by atoms with Crippen LogP contribution in [-0.4, -0.2) is 25.4 Å². The summed E-state index contributed by atoms with van der Waals surface area (Å²) in [6, 6.07) is 10.2. The molecule has 1 aromatic rings. The second-order valence-electron chi connectivity index (χ2n) is 2.85. The van der Waals surface area contributed by atoms with Crippen molar-refractivity contribution in [3.63, 3.8) is 0 Å². The van der Waals surface area contributed by atoms with Gasteiger partial charge in [0.2, 0.25) is 0 Å². The van der Waals surface area contributed by atoms with Crippen molar-refractivity contribution in [2.24, 2.45) is 0 Å². The lowest BCUT2D eigenvalue weighted by molar-refractivity contribution is 0.0570. The molecule has 0 aliphatic heterocycles. The molecule has 0 bridgehead atoms. The molecule has 0 saturated carbocycles. The Balaban J connectivity index is 1.99. The highest BCUT2D eigenvalue weighted by Crippen LogP contribution is 2.00. The second-order valence-corrected chi connectivity index (χ2v) is 3.67. The molecule has 0 radical (unpaired) electrons. The average molecular weight is 212 g/mol. The quantitative estimate of drug-likeness (QED) is 0.511. The van der Waals surface area contributed by atoms with Crippen molar-refractivity contribution in [3.8, 4) is 0 Å². The van der Waals surface area contributed by atoms with Gasteiger partial charge in [0, 0.05) is 0 Å². The van der Waals surface area contributed by atoms with Crippen molar-refractivity contribution in [1.29, 1.82) is 0 Å². The van der Waals surface area contributed by atoms with Crippen molar-refractivity contribution in [2.75, 3.05) is 25.4 Å². The van der Waals surface area contributed by atoms with E-state index in [1.54, 1.807) is 11.8 Å². The first-order valence-corrected chi connectivity index (χ1v) is 6.01. The Morgan fingerprint density at radius 3 is 2.50 bits per heavy atom. The fourth-order valence-corrected chi connectivity index (χ4v) is 1.31. The van der Waals surface area contributed by atoms with E-state index in [-0.39, 0.29) is 0 Å². The highest BCUT2D eigenvalue weighted by molar-refractivity contribution is 7.98. The molecule has 0 saturated heterocycles. The molecule has 14 heavy (non-hydrogen) atoms. The Bertz CT molecular complexity index is 226. The average Bonchev–Trinajstić information content (AvgIpc) is 2.25. The van der Waals surface area contributed by atoms with E-state index < -0.39 is 0 Å². The van der Waals surface area contributed by atoms with Crippen LogP contribution >= 0.6 is 11.8 Å². The molecule has 1 aromatic carbocycles. The number of rotatable bonds is 7. The van der Waals surface area contributed by atoms with Gasteiger partial charge in [-0.05, 0) is 11.8 Å². The van der Waals surface area contributed by atoms with Crippen LogP contribution in [-0.2, 0) is 16.1 Å². The third-order valence-electron chi connectivity index (χ3n) is 1.68. The molecule has 0 unspecified atom stereocenters. The fraction of sp³-hybridized carbons (Fsp3) is 0.455. The van der Waals surface area contributed by atoms with Gasteiger partial charge in [0.05, 0.1) is 25.8 Å². The maximum absolute atomic E-state index is 5.43. The van der Waals surface area contributed by atoms with Crippen molar-refractivity contribution in [1.82, 2.24) is 0 Å². The molecule has 3 heteroatoms. The van der Waals surface area contributed by atoms with Crippen LogP contribution in [0.2, 0.25) is 0 Å². The molecule has 2 nitrogen and oxygen atoms in total. The Hall–Kier alpha value is -0.510. The van der Waals surface area contributed by atoms with Crippen LogP contribution in [0.1, 0.15) is 5.56 Å². The van der Waals surface area contributed by atoms with Crippen molar-refractivity contribution in [3.05, 3.63) is 35.9 Å². The van der Waals surface area contributed by atoms with Crippen LogP contribution in [0, 0.1) is 0 Å². The minimum Gasteiger partial charge on any atom is -0.374 e. The molecule has 0 amide bonds. The van der Waals surface area contributed by atoms with Gasteiger partial charge < -0.3 is 9.47 Å². The lowest BCUT2D eigenvalue weighted by Gasteiger charge is -2.04. The van der Waals surface area contributed by atoms with Crippen molar-refractivity contribution < 1.29 is 9.47 Å². The molecule has 0 spiro atoms. The Morgan fingerprint density at radius 2 is 1.79 bits per heavy atom. The van der Waals surface area contributed by atoms with Crippen LogP contribution in [0.4, 0.5) is 0 Å². The van der Waals surface area contributed by atoms with Crippen LogP contribution in [0.25, 0.3) is 0 Å². The van der Waals surface area contributed by atoms with E-state index >= 15 is 0 Å². The molecule has 0 aliphatic carbocycles. The molecule has 0 atom stereocenters. The predicted octanol–water partition coefficient (Wildman–Crippen LogP) is 2.54. The van der Waals surface area contributed by atoms with E-state index in [0.29, 0.717) is 19.8 Å². The number of benzene rings is 1. The smallest absolute Gasteiger partial charge is 0.0919 e. The predicted molar refractivity (Wildman–Crippen MR) is 60.4 cm³/mol. The van der Waals surface area contributed by atoms with Crippen LogP contribution in [0.5, 0.6) is 0 Å². The molecule has 0 fully saturated rings. The van der Waals surface area contributed by atoms with Crippen LogP contribution in [0.3, 0.4) is 0 Å². The monoisotopic (exact) mass is 212 g/mol. The van der Waals surface area contributed by atoms with Gasteiger partial charge in [-0.3, -0.25) is 0 Å². The molecule has 1 rings (SSSR count). The summed E-state index contributed by atoms with van der Waals surface area (Å²) in [5, 5.41) is 0. The summed E-state index contributed by atoms with van der Waals surface area (Å²) in [7, 11) is 0. The molecule has 78 valence electrons. The van der Waals surface area contributed by atoms with Crippen molar-refractivity contribution in [2.45, 2.75) is 6.61 Å². The zero-order valence-electron chi connectivity index (χ0n) is 8.44. The third kappa shape index (κ3) is 5.27. The van der Waals surface area contributed by atoms with E-state index in [1.165, 1.54) is 5.56 Å². The number of hydrogen-bond acceptors (Lipinski definition) is 3. The normalized spacial score (nSPS) is 10.4. The minimum absolute atomic E-state index is 0.662. The number of ether oxygens (including phenoxy) is 2. The number of thioether (sulfide) groups is 1. The molecular formula is C11H16O2S. The fourth-order valence-electron chi connectivity index (χ4n) is 1.02. The van der Waals surface area contributed by atoms with E-state index in [2.05, 4.69) is 12.1 Å². The van der Waals surface area contributed by atoms with Gasteiger partial charge in [-0.2, -0.15) is 0 Å². The highest BCUT2D eigenvalue weighted by Gasteiger charge is 1.91. The molecule has 0 aliphatic rings. The van der Waals surface area contributed by atoms with Crippen LogP contribution in [0.15, 0.2) is 30.3 Å². The van der Waals surface area contributed by atoms with E-state index in [0.717, 1.165) is 5.94 Å². The second kappa shape index (κ2) is 7.85. The number of hydrogen-bond donors (Lipinski definition) is 0. The largest absolute Gasteiger partial charge is 0.374 e. The van der Waals surface area contributed by atoms with Gasteiger partial charge >= 0.3 is 0 Å². The summed E-state index contributed by atoms with van der Waals surface area (Å²) in [5.41, 5.74) is 1.21. The summed E-state index contributed by atoms with van der Waals surface area (Å²) in [6.07, 6.45) is 2.02. The standard InChI is InChI=1S/C11H16O2S/c1-14-10-13-8-7-12-9-11-5-3-2-4-6-11/h2-6H,7-10H2,1H3. The minimum atomic E-state index is 0.662. The summed E-state index contributed by atoms with van der Waals surface area (Å²) < 4.78 is 10.7. The van der Waals surface area contributed by atoms with E-state index in [9.17, 15) is 0 Å². The Kier molecular flexibility index (Phi) is 6.49. The summed E-state index contributed by atoms with van der Waals surface area (Å²) in [6.45, 7) is 2.01. The maximum atomic E-state index is 5.43. The topological polar surface area (TPSA) is 18.5 Å². The van der Waals surface area contributed by atoms with Gasteiger partial charge in [-0.1, -0.05) is 30.3 Å². The lowest BCUT2D eigenvalue weighted by Crippen LogP contribution is -2.03. The summed E-state index contributed by atoms with van der Waals surface area (Å²) in [5.74, 6) is 0.745. The molecule has 0 aromatic heterocycles. The maximum Gasteiger partial charge on any atom is 0.0919 e. The SMILES string of the molecule is CSCOCCOCc1ccccc1. The third-order valence-corrected chi connectivity index (χ3v) is 2.09. The first-order valence-electron chi connectivity index (χ1n) is 4.62. The lowest BCUT2D eigenvalue weighted by atomic mass is 10.2. The zero-order chi connectivity index (χ0) is 10.1. The van der Waals surface area contributed by atoms with Gasteiger partial charge in [-0.15, -0.1) is 11.8 Å². The first-order chi connectivity index (χ1) is 6.93. The van der Waals surface area contributed by atoms with Gasteiger partial charge in [0.1, 0.15) is 0 Å². The van der Waals surface area contributed by atoms with Crippen molar-refractivity contribution >= 4 is 11.8 Å². The summed E-state index contributed by atoms with van der Waals surface area (Å²) in [4.78, 5) is 0. The van der Waals surface area contributed by atoms with Gasteiger partial charge in [0.15, 0.2) is 0 Å². The van der Waals surface area contributed by atoms with Gasteiger partial charge in [-0.25, -0.2) is 0 Å².